The molecular weight excluding hydrogens is 422 g/mol. The SMILES string of the molecule is C[C@@H]1CN(c2ccc(Cl)c(CO)c2)CCN1C(=O)C(=O)Nc1ccc2c(c1)OC(=O)C2. The fourth-order valence-corrected chi connectivity index (χ4v) is 4.05. The number of amides is 2. The number of fused-ring (bicyclic) bond motifs is 1. The summed E-state index contributed by atoms with van der Waals surface area (Å²) in [6.07, 6.45) is 0.206. The lowest BCUT2D eigenvalue weighted by Gasteiger charge is -2.40. The number of anilines is 2. The second kappa shape index (κ2) is 8.56. The lowest BCUT2D eigenvalue weighted by molar-refractivity contribution is -0.144. The first-order valence-corrected chi connectivity index (χ1v) is 10.3. The number of piperazine rings is 1. The zero-order valence-electron chi connectivity index (χ0n) is 16.9. The van der Waals surface area contributed by atoms with Crippen LogP contribution in [-0.4, -0.2) is 53.5 Å². The third-order valence-corrected chi connectivity index (χ3v) is 5.90. The molecule has 31 heavy (non-hydrogen) atoms. The van der Waals surface area contributed by atoms with Crippen LogP contribution in [0, 0.1) is 0 Å². The lowest BCUT2D eigenvalue weighted by atomic mass is 10.1. The van der Waals surface area contributed by atoms with Crippen LogP contribution in [0.5, 0.6) is 5.75 Å². The van der Waals surface area contributed by atoms with Crippen molar-refractivity contribution in [1.29, 1.82) is 0 Å². The number of esters is 1. The van der Waals surface area contributed by atoms with Gasteiger partial charge < -0.3 is 25.0 Å². The summed E-state index contributed by atoms with van der Waals surface area (Å²) in [6, 6.07) is 10.2. The number of hydrogen-bond acceptors (Lipinski definition) is 6. The van der Waals surface area contributed by atoms with Crippen molar-refractivity contribution in [3.8, 4) is 5.75 Å². The first-order valence-electron chi connectivity index (χ1n) is 9.95. The topological polar surface area (TPSA) is 99.2 Å². The molecule has 2 aliphatic rings. The largest absolute Gasteiger partial charge is 0.426 e. The van der Waals surface area contributed by atoms with Crippen LogP contribution in [0.15, 0.2) is 36.4 Å². The van der Waals surface area contributed by atoms with Crippen LogP contribution < -0.4 is 15.0 Å². The minimum atomic E-state index is -0.737. The normalized spacial score (nSPS) is 17.9. The summed E-state index contributed by atoms with van der Waals surface area (Å²) in [5, 5.41) is 12.5. The Kier molecular flexibility index (Phi) is 5.84. The van der Waals surface area contributed by atoms with Gasteiger partial charge in [-0.25, -0.2) is 0 Å². The quantitative estimate of drug-likeness (QED) is 0.427. The number of carbonyl (C=O) groups excluding carboxylic acids is 3. The molecule has 8 nitrogen and oxygen atoms in total. The summed E-state index contributed by atoms with van der Waals surface area (Å²) in [4.78, 5) is 40.3. The van der Waals surface area contributed by atoms with Gasteiger partial charge in [0.2, 0.25) is 0 Å². The van der Waals surface area contributed by atoms with E-state index in [0.717, 1.165) is 11.3 Å². The molecule has 0 bridgehead atoms. The molecule has 0 aromatic heterocycles. The van der Waals surface area contributed by atoms with E-state index >= 15 is 0 Å². The molecule has 1 atom stereocenters. The smallest absolute Gasteiger partial charge is 0.315 e. The fourth-order valence-electron chi connectivity index (χ4n) is 3.88. The highest BCUT2D eigenvalue weighted by molar-refractivity contribution is 6.39. The Labute approximate surface area is 184 Å². The highest BCUT2D eigenvalue weighted by Crippen LogP contribution is 2.29. The van der Waals surface area contributed by atoms with Crippen LogP contribution >= 0.6 is 11.6 Å². The van der Waals surface area contributed by atoms with Crippen LogP contribution in [0.1, 0.15) is 18.1 Å². The van der Waals surface area contributed by atoms with E-state index in [0.29, 0.717) is 41.7 Å². The first-order chi connectivity index (χ1) is 14.9. The maximum absolute atomic E-state index is 12.7. The number of aliphatic hydroxyl groups excluding tert-OH is 1. The number of halogens is 1. The van der Waals surface area contributed by atoms with Crippen LogP contribution in [0.4, 0.5) is 11.4 Å². The molecule has 0 spiro atoms. The van der Waals surface area contributed by atoms with Crippen LogP contribution in [-0.2, 0) is 27.4 Å². The van der Waals surface area contributed by atoms with Crippen LogP contribution in [0.2, 0.25) is 5.02 Å². The minimum Gasteiger partial charge on any atom is -0.426 e. The summed E-state index contributed by atoms with van der Waals surface area (Å²) in [5.74, 6) is -1.29. The molecule has 2 aliphatic heterocycles. The number of nitrogens with one attached hydrogen (secondary N) is 1. The zero-order chi connectivity index (χ0) is 22.1. The third kappa shape index (κ3) is 4.35. The Hall–Kier alpha value is -3.10. The van der Waals surface area contributed by atoms with Crippen LogP contribution in [0.3, 0.4) is 0 Å². The van der Waals surface area contributed by atoms with E-state index in [1.54, 1.807) is 29.2 Å². The molecule has 2 heterocycles. The van der Waals surface area contributed by atoms with Gasteiger partial charge in [-0.2, -0.15) is 0 Å². The van der Waals surface area contributed by atoms with Gasteiger partial charge in [0, 0.05) is 53.7 Å². The van der Waals surface area contributed by atoms with Crippen molar-refractivity contribution in [2.75, 3.05) is 29.9 Å². The molecule has 1 fully saturated rings. The molecule has 4 rings (SSSR count). The van der Waals surface area contributed by atoms with E-state index in [4.69, 9.17) is 16.3 Å². The lowest BCUT2D eigenvalue weighted by Crippen LogP contribution is -2.56. The molecule has 9 heteroatoms. The van der Waals surface area contributed by atoms with Crippen molar-refractivity contribution in [2.45, 2.75) is 26.0 Å². The van der Waals surface area contributed by atoms with Crippen LogP contribution in [0.25, 0.3) is 0 Å². The van der Waals surface area contributed by atoms with E-state index in [1.807, 2.05) is 19.1 Å². The van der Waals surface area contributed by atoms with Crippen molar-refractivity contribution in [3.05, 3.63) is 52.5 Å². The summed E-state index contributed by atoms with van der Waals surface area (Å²) in [6.45, 7) is 3.20. The number of aliphatic hydroxyl groups is 1. The average Bonchev–Trinajstić information content (AvgIpc) is 3.12. The Morgan fingerprint density at radius 3 is 2.77 bits per heavy atom. The molecule has 0 aliphatic carbocycles. The van der Waals surface area contributed by atoms with Gasteiger partial charge >= 0.3 is 17.8 Å². The number of ether oxygens (including phenoxy) is 1. The zero-order valence-corrected chi connectivity index (χ0v) is 17.7. The summed E-state index contributed by atoms with van der Waals surface area (Å²) >= 11 is 6.07. The maximum Gasteiger partial charge on any atom is 0.315 e. The van der Waals surface area contributed by atoms with Gasteiger partial charge in [-0.3, -0.25) is 14.4 Å². The first kappa shape index (κ1) is 21.1. The Morgan fingerprint density at radius 1 is 1.23 bits per heavy atom. The van der Waals surface area contributed by atoms with Gasteiger partial charge in [-0.15, -0.1) is 0 Å². The van der Waals surface area contributed by atoms with Crippen molar-refractivity contribution >= 4 is 40.8 Å². The second-order valence-electron chi connectivity index (χ2n) is 7.65. The molecule has 2 amide bonds. The van der Waals surface area contributed by atoms with E-state index in [1.165, 1.54) is 0 Å². The van der Waals surface area contributed by atoms with Gasteiger partial charge in [-0.05, 0) is 36.8 Å². The van der Waals surface area contributed by atoms with Gasteiger partial charge in [0.05, 0.1) is 13.0 Å². The number of carbonyl (C=O) groups is 3. The van der Waals surface area contributed by atoms with E-state index in [2.05, 4.69) is 10.2 Å². The maximum atomic E-state index is 12.7. The molecule has 0 saturated carbocycles. The highest BCUT2D eigenvalue weighted by atomic mass is 35.5. The Balaban J connectivity index is 1.39. The van der Waals surface area contributed by atoms with E-state index < -0.39 is 11.8 Å². The highest BCUT2D eigenvalue weighted by Gasteiger charge is 2.31. The van der Waals surface area contributed by atoms with Crippen molar-refractivity contribution in [1.82, 2.24) is 4.90 Å². The molecular formula is C22H22ClN3O5. The molecule has 1 saturated heterocycles. The summed E-state index contributed by atoms with van der Waals surface area (Å²) in [7, 11) is 0. The Morgan fingerprint density at radius 2 is 2.03 bits per heavy atom. The minimum absolute atomic E-state index is 0.150. The number of nitrogens with zero attached hydrogens (tertiary/aromatic N) is 2. The molecule has 0 radical (unpaired) electrons. The van der Waals surface area contributed by atoms with Crippen molar-refractivity contribution in [3.63, 3.8) is 0 Å². The number of rotatable bonds is 3. The van der Waals surface area contributed by atoms with Gasteiger partial charge in [-0.1, -0.05) is 17.7 Å². The standard InChI is InChI=1S/C22H22ClN3O5/c1-13-11-25(17-4-5-18(23)15(8-17)12-27)6-7-26(13)22(30)21(29)24-16-3-2-14-9-20(28)31-19(14)10-16/h2-5,8,10,13,27H,6-7,9,11-12H2,1H3,(H,24,29)/t13-/m1/s1. The predicted molar refractivity (Wildman–Crippen MR) is 115 cm³/mol. The molecule has 2 aromatic rings. The van der Waals surface area contributed by atoms with Gasteiger partial charge in [0.15, 0.2) is 0 Å². The van der Waals surface area contributed by atoms with Gasteiger partial charge in [0.1, 0.15) is 5.75 Å². The monoisotopic (exact) mass is 443 g/mol. The third-order valence-electron chi connectivity index (χ3n) is 5.53. The van der Waals surface area contributed by atoms with Crippen molar-refractivity contribution in [2.24, 2.45) is 0 Å². The van der Waals surface area contributed by atoms with E-state index in [9.17, 15) is 19.5 Å². The Bertz CT molecular complexity index is 1060. The molecule has 162 valence electrons. The number of hydrogen-bond donors (Lipinski definition) is 2. The van der Waals surface area contributed by atoms with E-state index in [-0.39, 0.29) is 25.0 Å². The molecule has 0 unspecified atom stereocenters. The fraction of sp³-hybridized carbons (Fsp3) is 0.318. The summed E-state index contributed by atoms with van der Waals surface area (Å²) < 4.78 is 5.09. The second-order valence-corrected chi connectivity index (χ2v) is 8.06. The number of benzene rings is 2. The average molecular weight is 444 g/mol. The molecule has 2 N–H and O–H groups in total. The predicted octanol–water partition coefficient (Wildman–Crippen LogP) is 1.97. The van der Waals surface area contributed by atoms with Gasteiger partial charge in [0.25, 0.3) is 0 Å². The summed E-state index contributed by atoms with van der Waals surface area (Å²) in [5.41, 5.74) is 2.70. The van der Waals surface area contributed by atoms with Crippen molar-refractivity contribution < 1.29 is 24.2 Å². The molecule has 2 aromatic carbocycles.